The number of amides is 1. The average Bonchev–Trinajstić information content (AvgIpc) is 2.98. The van der Waals surface area contributed by atoms with Crippen molar-refractivity contribution in [1.29, 1.82) is 0 Å². The average molecular weight is 301 g/mol. The van der Waals surface area contributed by atoms with Gasteiger partial charge in [-0.25, -0.2) is 14.6 Å². The Balaban J connectivity index is 1.77. The van der Waals surface area contributed by atoms with Crippen molar-refractivity contribution in [2.45, 2.75) is 19.6 Å². The Morgan fingerprint density at radius 1 is 1.23 bits per heavy atom. The summed E-state index contributed by atoms with van der Waals surface area (Å²) in [6, 6.07) is 9.32. The van der Waals surface area contributed by atoms with Crippen LogP contribution in [0.25, 0.3) is 0 Å². The zero-order chi connectivity index (χ0) is 15.5. The number of hydrogen-bond acceptors (Lipinski definition) is 4. The molecule has 0 saturated carbocycles. The monoisotopic (exact) mass is 301 g/mol. The van der Waals surface area contributed by atoms with Gasteiger partial charge in [0.25, 0.3) is 0 Å². The molecule has 22 heavy (non-hydrogen) atoms. The molecule has 0 radical (unpaired) electrons. The van der Waals surface area contributed by atoms with E-state index in [4.69, 9.17) is 4.74 Å². The highest BCUT2D eigenvalue weighted by molar-refractivity contribution is 5.97. The van der Waals surface area contributed by atoms with Crippen molar-refractivity contribution in [3.8, 4) is 0 Å². The summed E-state index contributed by atoms with van der Waals surface area (Å²) in [6.45, 7) is 1.20. The van der Waals surface area contributed by atoms with Crippen molar-refractivity contribution in [3.63, 3.8) is 0 Å². The van der Waals surface area contributed by atoms with Crippen molar-refractivity contribution < 1.29 is 19.4 Å². The minimum Gasteiger partial charge on any atom is -0.476 e. The number of anilines is 1. The third-order valence-electron chi connectivity index (χ3n) is 3.47. The molecule has 0 spiro atoms. The predicted octanol–water partition coefficient (Wildman–Crippen LogP) is 2.13. The smallest absolute Gasteiger partial charge is 0.415 e. The van der Waals surface area contributed by atoms with Crippen LogP contribution in [0.3, 0.4) is 0 Å². The Labute approximate surface area is 126 Å². The minimum atomic E-state index is -1.16. The lowest BCUT2D eigenvalue weighted by Gasteiger charge is -2.27. The van der Waals surface area contributed by atoms with Gasteiger partial charge in [-0.1, -0.05) is 30.3 Å². The molecule has 2 heterocycles. The molecule has 0 saturated heterocycles. The van der Waals surface area contributed by atoms with Gasteiger partial charge in [-0.3, -0.25) is 4.90 Å². The van der Waals surface area contributed by atoms with Gasteiger partial charge in [0.1, 0.15) is 6.61 Å². The molecule has 7 nitrogen and oxygen atoms in total. The third kappa shape index (κ3) is 2.65. The van der Waals surface area contributed by atoms with E-state index in [-0.39, 0.29) is 18.1 Å². The molecule has 1 aliphatic rings. The first-order chi connectivity index (χ1) is 10.7. The summed E-state index contributed by atoms with van der Waals surface area (Å²) in [5.41, 5.74) is 0.746. The molecule has 1 aromatic heterocycles. The highest BCUT2D eigenvalue weighted by Gasteiger charge is 2.30. The Hall–Kier alpha value is -2.83. The number of hydrogen-bond donors (Lipinski definition) is 1. The fourth-order valence-electron chi connectivity index (χ4n) is 2.45. The number of carboxylic acids is 1. The molecular weight excluding hydrogens is 286 g/mol. The van der Waals surface area contributed by atoms with Gasteiger partial charge in [-0.05, 0) is 12.0 Å². The number of carbonyl (C=O) groups is 2. The van der Waals surface area contributed by atoms with Gasteiger partial charge in [0.15, 0.2) is 11.5 Å². The SMILES string of the molecule is O=C(O)c1ncn2c1N(C(=O)OCc1ccccc1)CCC2. The standard InChI is InChI=1S/C15H15N3O4/c19-14(20)12-13-17(10-16-12)7-4-8-18(13)15(21)22-9-11-5-2-1-3-6-11/h1-3,5-6,10H,4,7-9H2,(H,19,20). The number of aromatic carboxylic acids is 1. The number of imidazole rings is 1. The first kappa shape index (κ1) is 14.1. The molecule has 1 aliphatic heterocycles. The van der Waals surface area contributed by atoms with E-state index in [1.54, 1.807) is 4.57 Å². The first-order valence-electron chi connectivity index (χ1n) is 6.93. The molecule has 7 heteroatoms. The number of carbonyl (C=O) groups excluding carboxylic acids is 1. The van der Waals surface area contributed by atoms with Crippen LogP contribution >= 0.6 is 0 Å². The van der Waals surface area contributed by atoms with Crippen LogP contribution in [0.15, 0.2) is 36.7 Å². The molecule has 2 aromatic rings. The van der Waals surface area contributed by atoms with E-state index < -0.39 is 12.1 Å². The summed E-state index contributed by atoms with van der Waals surface area (Å²) in [4.78, 5) is 28.7. The van der Waals surface area contributed by atoms with E-state index in [1.165, 1.54) is 11.2 Å². The number of rotatable bonds is 3. The van der Waals surface area contributed by atoms with Gasteiger partial charge in [0.05, 0.1) is 6.33 Å². The Morgan fingerprint density at radius 2 is 2.00 bits per heavy atom. The lowest BCUT2D eigenvalue weighted by molar-refractivity contribution is 0.0691. The van der Waals surface area contributed by atoms with E-state index in [0.717, 1.165) is 12.0 Å². The van der Waals surface area contributed by atoms with Crippen LogP contribution in [0.4, 0.5) is 10.6 Å². The molecule has 3 rings (SSSR count). The zero-order valence-electron chi connectivity index (χ0n) is 11.8. The number of fused-ring (bicyclic) bond motifs is 1. The van der Waals surface area contributed by atoms with Gasteiger partial charge < -0.3 is 14.4 Å². The molecule has 0 fully saturated rings. The van der Waals surface area contributed by atoms with E-state index in [0.29, 0.717) is 13.1 Å². The van der Waals surface area contributed by atoms with Crippen molar-refractivity contribution in [1.82, 2.24) is 9.55 Å². The van der Waals surface area contributed by atoms with E-state index in [2.05, 4.69) is 4.98 Å². The largest absolute Gasteiger partial charge is 0.476 e. The molecule has 0 bridgehead atoms. The fraction of sp³-hybridized carbons (Fsp3) is 0.267. The Kier molecular flexibility index (Phi) is 3.78. The first-order valence-corrected chi connectivity index (χ1v) is 6.93. The van der Waals surface area contributed by atoms with Crippen molar-refractivity contribution in [2.24, 2.45) is 0 Å². The second-order valence-electron chi connectivity index (χ2n) is 4.96. The summed E-state index contributed by atoms with van der Waals surface area (Å²) >= 11 is 0. The summed E-state index contributed by atoms with van der Waals surface area (Å²) in [6.07, 6.45) is 1.60. The van der Waals surface area contributed by atoms with Crippen LogP contribution in [0.1, 0.15) is 22.5 Å². The second-order valence-corrected chi connectivity index (χ2v) is 4.96. The quantitative estimate of drug-likeness (QED) is 0.938. The number of aromatic nitrogens is 2. The number of ether oxygens (including phenoxy) is 1. The summed E-state index contributed by atoms with van der Waals surface area (Å²) in [5, 5.41) is 9.18. The highest BCUT2D eigenvalue weighted by atomic mass is 16.6. The van der Waals surface area contributed by atoms with Crippen LogP contribution in [0.2, 0.25) is 0 Å². The van der Waals surface area contributed by atoms with Crippen LogP contribution < -0.4 is 4.90 Å². The van der Waals surface area contributed by atoms with E-state index >= 15 is 0 Å². The summed E-state index contributed by atoms with van der Waals surface area (Å²) < 4.78 is 6.94. The maximum absolute atomic E-state index is 12.3. The summed E-state index contributed by atoms with van der Waals surface area (Å²) in [5.74, 6) is -0.867. The van der Waals surface area contributed by atoms with Crippen LogP contribution in [-0.2, 0) is 17.9 Å². The topological polar surface area (TPSA) is 84.7 Å². The maximum Gasteiger partial charge on any atom is 0.415 e. The third-order valence-corrected chi connectivity index (χ3v) is 3.47. The normalized spacial score (nSPS) is 13.5. The maximum atomic E-state index is 12.3. The predicted molar refractivity (Wildman–Crippen MR) is 77.8 cm³/mol. The molecule has 1 N–H and O–H groups in total. The van der Waals surface area contributed by atoms with Crippen molar-refractivity contribution in [3.05, 3.63) is 47.9 Å². The van der Waals surface area contributed by atoms with E-state index in [1.807, 2.05) is 30.3 Å². The Bertz CT molecular complexity index is 696. The van der Waals surface area contributed by atoms with Gasteiger partial charge in [0.2, 0.25) is 0 Å². The van der Waals surface area contributed by atoms with Gasteiger partial charge in [-0.2, -0.15) is 0 Å². The number of benzene rings is 1. The molecule has 114 valence electrons. The molecular formula is C15H15N3O4. The lowest BCUT2D eigenvalue weighted by atomic mass is 10.2. The highest BCUT2D eigenvalue weighted by Crippen LogP contribution is 2.25. The van der Waals surface area contributed by atoms with Crippen LogP contribution in [0.5, 0.6) is 0 Å². The fourth-order valence-corrected chi connectivity index (χ4v) is 2.45. The number of carboxylic acid groups (broad SMARTS) is 1. The molecule has 0 unspecified atom stereocenters. The van der Waals surface area contributed by atoms with Crippen LogP contribution in [-0.4, -0.2) is 33.3 Å². The second kappa shape index (κ2) is 5.88. The molecule has 0 aliphatic carbocycles. The van der Waals surface area contributed by atoms with Gasteiger partial charge >= 0.3 is 12.1 Å². The lowest BCUT2D eigenvalue weighted by Crippen LogP contribution is -2.38. The Morgan fingerprint density at radius 3 is 2.73 bits per heavy atom. The zero-order valence-corrected chi connectivity index (χ0v) is 11.8. The number of nitrogens with zero attached hydrogens (tertiary/aromatic N) is 3. The minimum absolute atomic E-state index is 0.128. The molecule has 0 atom stereocenters. The molecule has 1 aromatic carbocycles. The summed E-state index contributed by atoms with van der Waals surface area (Å²) in [7, 11) is 0. The van der Waals surface area contributed by atoms with Gasteiger partial charge in [0, 0.05) is 13.1 Å². The van der Waals surface area contributed by atoms with E-state index in [9.17, 15) is 14.7 Å². The van der Waals surface area contributed by atoms with Crippen molar-refractivity contribution in [2.75, 3.05) is 11.4 Å². The molecule has 1 amide bonds. The van der Waals surface area contributed by atoms with Crippen molar-refractivity contribution >= 4 is 17.9 Å². The number of aryl methyl sites for hydroxylation is 1. The van der Waals surface area contributed by atoms with Crippen LogP contribution in [0, 0.1) is 0 Å². The van der Waals surface area contributed by atoms with Gasteiger partial charge in [-0.15, -0.1) is 0 Å².